The smallest absolute Gasteiger partial charge is 0.392 e. The number of thiophene rings is 1. The highest BCUT2D eigenvalue weighted by Gasteiger charge is 2.33. The Morgan fingerprint density at radius 2 is 1.74 bits per heavy atom. The van der Waals surface area contributed by atoms with E-state index in [1.54, 1.807) is 45.9 Å². The lowest BCUT2D eigenvalue weighted by molar-refractivity contribution is -0.137. The van der Waals surface area contributed by atoms with Crippen molar-refractivity contribution in [2.75, 3.05) is 18.4 Å². The first-order chi connectivity index (χ1) is 19.6. The van der Waals surface area contributed by atoms with Crippen LogP contribution in [0.5, 0.6) is 0 Å². The van der Waals surface area contributed by atoms with Gasteiger partial charge in [0.05, 0.1) is 34.6 Å². The van der Waals surface area contributed by atoms with Crippen LogP contribution in [0.25, 0.3) is 0 Å². The lowest BCUT2D eigenvalue weighted by Crippen LogP contribution is -2.35. The van der Waals surface area contributed by atoms with E-state index in [1.165, 1.54) is 17.4 Å². The van der Waals surface area contributed by atoms with E-state index in [-0.39, 0.29) is 11.1 Å². The van der Waals surface area contributed by atoms with Gasteiger partial charge in [0.15, 0.2) is 0 Å². The van der Waals surface area contributed by atoms with Crippen molar-refractivity contribution in [3.8, 4) is 0 Å². The van der Waals surface area contributed by atoms with Gasteiger partial charge in [-0.2, -0.15) is 18.3 Å². The molecule has 3 aromatic rings. The highest BCUT2D eigenvalue weighted by atomic mass is 35.5. The molecule has 1 heterocycles. The molecule has 2 aromatic carbocycles. The normalized spacial score (nSPS) is 13.4. The van der Waals surface area contributed by atoms with E-state index >= 15 is 0 Å². The van der Waals surface area contributed by atoms with Gasteiger partial charge in [0.2, 0.25) is 0 Å². The second kappa shape index (κ2) is 14.3. The summed E-state index contributed by atoms with van der Waals surface area (Å²) in [6.45, 7) is 7.91. The summed E-state index contributed by atoms with van der Waals surface area (Å²) in [5.41, 5.74) is 3.33. The van der Waals surface area contributed by atoms with Crippen molar-refractivity contribution in [3.63, 3.8) is 0 Å². The van der Waals surface area contributed by atoms with Gasteiger partial charge in [0.1, 0.15) is 5.00 Å². The number of hydrazone groups is 1. The van der Waals surface area contributed by atoms with Gasteiger partial charge in [-0.05, 0) is 68.7 Å². The Balaban J connectivity index is 1.75. The quantitative estimate of drug-likeness (QED) is 0.163. The minimum atomic E-state index is -4.64. The number of hydrogen-bond acceptors (Lipinski definition) is 7. The molecule has 3 rings (SSSR count). The van der Waals surface area contributed by atoms with Gasteiger partial charge in [-0.15, -0.1) is 11.3 Å². The number of nitrogens with zero attached hydrogens (tertiary/aromatic N) is 2. The Labute approximate surface area is 250 Å². The average molecular weight is 625 g/mol. The molecule has 0 spiro atoms. The molecule has 13 heteroatoms. The first-order valence-corrected chi connectivity index (χ1v) is 14.1. The number of anilines is 1. The zero-order valence-corrected chi connectivity index (χ0v) is 25.0. The molecule has 2 unspecified atom stereocenters. The molecule has 0 aliphatic heterocycles. The third-order valence-corrected chi connectivity index (χ3v) is 7.61. The van der Waals surface area contributed by atoms with E-state index in [1.807, 2.05) is 11.0 Å². The van der Waals surface area contributed by atoms with E-state index in [0.29, 0.717) is 35.8 Å². The van der Waals surface area contributed by atoms with Crippen molar-refractivity contribution < 1.29 is 33.0 Å². The van der Waals surface area contributed by atoms with Crippen molar-refractivity contribution in [1.29, 1.82) is 0 Å². The lowest BCUT2D eigenvalue weighted by Gasteiger charge is -2.25. The van der Waals surface area contributed by atoms with E-state index in [0.717, 1.165) is 28.8 Å². The van der Waals surface area contributed by atoms with Gasteiger partial charge < -0.3 is 15.5 Å². The van der Waals surface area contributed by atoms with Crippen LogP contribution in [-0.2, 0) is 12.7 Å². The summed E-state index contributed by atoms with van der Waals surface area (Å²) in [5.74, 6) is -1.09. The lowest BCUT2D eigenvalue weighted by atomic mass is 10.1. The molecule has 0 aliphatic rings. The van der Waals surface area contributed by atoms with Gasteiger partial charge >= 0.3 is 6.18 Å². The number of nitrogens with one attached hydrogen (secondary N) is 2. The fourth-order valence-electron chi connectivity index (χ4n) is 4.25. The van der Waals surface area contributed by atoms with Gasteiger partial charge in [-0.1, -0.05) is 29.8 Å². The molecule has 2 atom stereocenters. The fraction of sp³-hybridized carbons (Fsp3) is 0.345. The Kier molecular flexibility index (Phi) is 11.3. The highest BCUT2D eigenvalue weighted by molar-refractivity contribution is 7.16. The van der Waals surface area contributed by atoms with Crippen molar-refractivity contribution >= 4 is 46.0 Å². The molecule has 0 saturated carbocycles. The minimum absolute atomic E-state index is 0.0825. The summed E-state index contributed by atoms with van der Waals surface area (Å²) < 4.78 is 39.4. The maximum Gasteiger partial charge on any atom is 0.417 e. The molecule has 0 radical (unpaired) electrons. The number of aliphatic hydroxyl groups is 2. The molecule has 0 bridgehead atoms. The molecule has 0 saturated heterocycles. The van der Waals surface area contributed by atoms with Crippen LogP contribution < -0.4 is 10.7 Å². The number of benzene rings is 2. The summed E-state index contributed by atoms with van der Waals surface area (Å²) in [7, 11) is 0. The van der Waals surface area contributed by atoms with E-state index in [9.17, 15) is 33.0 Å². The zero-order valence-electron chi connectivity index (χ0n) is 23.4. The Bertz CT molecular complexity index is 1450. The van der Waals surface area contributed by atoms with Crippen LogP contribution in [-0.4, -0.2) is 58.4 Å². The Morgan fingerprint density at radius 1 is 1.07 bits per heavy atom. The Morgan fingerprint density at radius 3 is 2.36 bits per heavy atom. The molecule has 4 N–H and O–H groups in total. The number of halogens is 4. The summed E-state index contributed by atoms with van der Waals surface area (Å²) >= 11 is 6.86. The van der Waals surface area contributed by atoms with Crippen molar-refractivity contribution in [2.24, 2.45) is 5.10 Å². The monoisotopic (exact) mass is 624 g/mol. The second-order valence-corrected chi connectivity index (χ2v) is 11.6. The maximum atomic E-state index is 13.2. The molecule has 226 valence electrons. The number of aliphatic hydroxyl groups excluding tert-OH is 2. The number of rotatable bonds is 11. The summed E-state index contributed by atoms with van der Waals surface area (Å²) in [6, 6.07) is 10.1. The molecule has 42 heavy (non-hydrogen) atoms. The molecule has 8 nitrogen and oxygen atoms in total. The van der Waals surface area contributed by atoms with Crippen molar-refractivity contribution in [3.05, 3.63) is 85.7 Å². The predicted octanol–water partition coefficient (Wildman–Crippen LogP) is 5.62. The topological polar surface area (TPSA) is 114 Å². The van der Waals surface area contributed by atoms with Crippen molar-refractivity contribution in [1.82, 2.24) is 10.3 Å². The highest BCUT2D eigenvalue weighted by Crippen LogP contribution is 2.35. The average Bonchev–Trinajstić information content (AvgIpc) is 3.16. The SMILES string of the molecule is Cc1sc(NC(=O)c2cccc(CN(CC(C)O)CC(C)O)c2)c(C(=O)NN=Cc2ccc(Cl)c(C(F)(F)F)c2)c1C. The molecule has 2 amide bonds. The molecule has 0 fully saturated rings. The van der Waals surface area contributed by atoms with Gasteiger partial charge in [-0.25, -0.2) is 5.43 Å². The number of aryl methyl sites for hydroxylation is 1. The van der Waals surface area contributed by atoms with Crippen LogP contribution in [0.4, 0.5) is 18.2 Å². The first-order valence-electron chi connectivity index (χ1n) is 12.9. The first kappa shape index (κ1) is 33.2. The standard InChI is InChI=1S/C29H32ClF3N4O4S/c1-16(38)13-37(14-17(2)39)15-21-6-5-7-22(10-21)26(40)35-28-25(18(3)19(4)42-28)27(41)36-34-12-20-8-9-24(30)23(11-20)29(31,32)33/h5-12,16-17,38-39H,13-15H2,1-4H3,(H,35,40)(H,36,41). The second-order valence-electron chi connectivity index (χ2n) is 9.97. The van der Waals surface area contributed by atoms with Crippen LogP contribution in [0, 0.1) is 13.8 Å². The number of amides is 2. The summed E-state index contributed by atoms with van der Waals surface area (Å²) in [6.07, 6.45) is -4.77. The zero-order chi connectivity index (χ0) is 31.2. The number of carbonyl (C=O) groups excluding carboxylic acids is 2. The largest absolute Gasteiger partial charge is 0.417 e. The fourth-order valence-corrected chi connectivity index (χ4v) is 5.52. The minimum Gasteiger partial charge on any atom is -0.392 e. The third kappa shape index (κ3) is 9.10. The van der Waals surface area contributed by atoms with E-state index in [2.05, 4.69) is 15.8 Å². The van der Waals surface area contributed by atoms with Crippen LogP contribution in [0.1, 0.15) is 61.7 Å². The Hall–Kier alpha value is -3.29. The number of hydrogen-bond donors (Lipinski definition) is 4. The molecule has 0 aliphatic carbocycles. The molecular formula is C29H32ClF3N4O4S. The number of alkyl halides is 3. The van der Waals surface area contributed by atoms with Crippen LogP contribution in [0.2, 0.25) is 5.02 Å². The molecule has 1 aromatic heterocycles. The van der Waals surface area contributed by atoms with Crippen LogP contribution >= 0.6 is 22.9 Å². The van der Waals surface area contributed by atoms with Crippen LogP contribution in [0.15, 0.2) is 47.6 Å². The molecular weight excluding hydrogens is 593 g/mol. The van der Waals surface area contributed by atoms with E-state index in [4.69, 9.17) is 11.6 Å². The number of carbonyl (C=O) groups is 2. The summed E-state index contributed by atoms with van der Waals surface area (Å²) in [4.78, 5) is 28.9. The van der Waals surface area contributed by atoms with Gasteiger partial charge in [0.25, 0.3) is 11.8 Å². The van der Waals surface area contributed by atoms with Gasteiger partial charge in [0, 0.05) is 30.1 Å². The maximum absolute atomic E-state index is 13.2. The predicted molar refractivity (Wildman–Crippen MR) is 158 cm³/mol. The van der Waals surface area contributed by atoms with Crippen LogP contribution in [0.3, 0.4) is 0 Å². The third-order valence-electron chi connectivity index (χ3n) is 6.16. The summed E-state index contributed by atoms with van der Waals surface area (Å²) in [5, 5.41) is 26.0. The van der Waals surface area contributed by atoms with Crippen molar-refractivity contribution in [2.45, 2.75) is 52.6 Å². The van der Waals surface area contributed by atoms with E-state index < -0.39 is 40.8 Å². The van der Waals surface area contributed by atoms with Gasteiger partial charge in [-0.3, -0.25) is 14.5 Å².